The topological polar surface area (TPSA) is 42.0 Å². The lowest BCUT2D eigenvalue weighted by Gasteiger charge is -1.98. The Kier molecular flexibility index (Phi) is 4.49. The van der Waals surface area contributed by atoms with Crippen LogP contribution >= 0.6 is 27.3 Å². The Hall–Kier alpha value is -1.20. The number of amides is 1. The van der Waals surface area contributed by atoms with Crippen molar-refractivity contribution >= 4 is 33.2 Å². The van der Waals surface area contributed by atoms with Gasteiger partial charge in [-0.2, -0.15) is 0 Å². The molecule has 0 bridgehead atoms. The van der Waals surface area contributed by atoms with Crippen molar-refractivity contribution in [1.29, 1.82) is 0 Å². The first-order valence-electron chi connectivity index (χ1n) is 5.60. The number of carbonyl (C=O) groups is 1. The molecule has 3 nitrogen and oxygen atoms in total. The maximum absolute atomic E-state index is 10.8. The lowest BCUT2D eigenvalue weighted by Crippen LogP contribution is -2.22. The Morgan fingerprint density at radius 3 is 2.78 bits per heavy atom. The quantitative estimate of drug-likeness (QED) is 0.938. The number of thiazole rings is 1. The standard InChI is InChI=1S/C13H13BrN2OS/c1-9(17)15-7-6-13-16-12(8-18-13)10-2-4-11(14)5-3-10/h2-5,8H,6-7H2,1H3,(H,15,17). The van der Waals surface area contributed by atoms with Gasteiger partial charge in [-0.3, -0.25) is 4.79 Å². The van der Waals surface area contributed by atoms with Crippen LogP contribution < -0.4 is 5.32 Å². The zero-order valence-corrected chi connectivity index (χ0v) is 12.3. The molecule has 0 unspecified atom stereocenters. The van der Waals surface area contributed by atoms with Crippen molar-refractivity contribution in [2.24, 2.45) is 0 Å². The molecule has 0 aliphatic heterocycles. The average molecular weight is 325 g/mol. The van der Waals surface area contributed by atoms with Gasteiger partial charge in [0.2, 0.25) is 5.91 Å². The zero-order valence-electron chi connectivity index (χ0n) is 9.94. The van der Waals surface area contributed by atoms with Gasteiger partial charge in [0.15, 0.2) is 0 Å². The van der Waals surface area contributed by atoms with Gasteiger partial charge in [-0.25, -0.2) is 4.98 Å². The van der Waals surface area contributed by atoms with E-state index in [-0.39, 0.29) is 5.91 Å². The third-order valence-corrected chi connectivity index (χ3v) is 3.84. The first kappa shape index (κ1) is 13.2. The molecule has 5 heteroatoms. The molecule has 2 rings (SSSR count). The molecule has 0 aliphatic rings. The number of aromatic nitrogens is 1. The Balaban J connectivity index is 2.01. The SMILES string of the molecule is CC(=O)NCCc1nc(-c2ccc(Br)cc2)cs1. The summed E-state index contributed by atoms with van der Waals surface area (Å²) in [5, 5.41) is 5.86. The van der Waals surface area contributed by atoms with Crippen LogP contribution in [0.4, 0.5) is 0 Å². The van der Waals surface area contributed by atoms with Gasteiger partial charge in [-0.1, -0.05) is 28.1 Å². The fraction of sp³-hybridized carbons (Fsp3) is 0.231. The number of rotatable bonds is 4. The van der Waals surface area contributed by atoms with E-state index in [1.54, 1.807) is 11.3 Å². The lowest BCUT2D eigenvalue weighted by atomic mass is 10.2. The fourth-order valence-electron chi connectivity index (χ4n) is 1.52. The summed E-state index contributed by atoms with van der Waals surface area (Å²) in [5.74, 6) is -0.000288. The zero-order chi connectivity index (χ0) is 13.0. The summed E-state index contributed by atoms with van der Waals surface area (Å²) in [5.41, 5.74) is 2.10. The molecule has 1 amide bonds. The van der Waals surface area contributed by atoms with Crippen molar-refractivity contribution in [3.05, 3.63) is 39.1 Å². The van der Waals surface area contributed by atoms with Crippen LogP contribution in [0.3, 0.4) is 0 Å². The summed E-state index contributed by atoms with van der Waals surface area (Å²) in [6.07, 6.45) is 0.779. The Morgan fingerprint density at radius 2 is 2.11 bits per heavy atom. The second kappa shape index (κ2) is 6.11. The van der Waals surface area contributed by atoms with Crippen LogP contribution in [-0.2, 0) is 11.2 Å². The molecule has 0 spiro atoms. The van der Waals surface area contributed by atoms with E-state index < -0.39 is 0 Å². The minimum atomic E-state index is -0.000288. The molecule has 18 heavy (non-hydrogen) atoms. The highest BCUT2D eigenvalue weighted by Crippen LogP contribution is 2.23. The second-order valence-electron chi connectivity index (χ2n) is 3.87. The number of halogens is 1. The second-order valence-corrected chi connectivity index (χ2v) is 5.72. The smallest absolute Gasteiger partial charge is 0.216 e. The number of nitrogens with one attached hydrogen (secondary N) is 1. The predicted molar refractivity (Wildman–Crippen MR) is 77.6 cm³/mol. The summed E-state index contributed by atoms with van der Waals surface area (Å²) < 4.78 is 1.06. The molecule has 1 aromatic carbocycles. The summed E-state index contributed by atoms with van der Waals surface area (Å²) >= 11 is 5.04. The monoisotopic (exact) mass is 324 g/mol. The van der Waals surface area contributed by atoms with Crippen molar-refractivity contribution in [3.63, 3.8) is 0 Å². The molecule has 1 N–H and O–H groups in total. The van der Waals surface area contributed by atoms with Crippen LogP contribution in [-0.4, -0.2) is 17.4 Å². The Bertz CT molecular complexity index is 536. The molecular formula is C13H13BrN2OS. The molecule has 0 aliphatic carbocycles. The molecule has 1 aromatic heterocycles. The number of nitrogens with zero attached hydrogens (tertiary/aromatic N) is 1. The minimum Gasteiger partial charge on any atom is -0.356 e. The van der Waals surface area contributed by atoms with Crippen molar-refractivity contribution in [3.8, 4) is 11.3 Å². The van der Waals surface area contributed by atoms with Crippen molar-refractivity contribution in [2.45, 2.75) is 13.3 Å². The largest absolute Gasteiger partial charge is 0.356 e. The fourth-order valence-corrected chi connectivity index (χ4v) is 2.60. The van der Waals surface area contributed by atoms with Gasteiger partial charge in [0, 0.05) is 35.3 Å². The van der Waals surface area contributed by atoms with Gasteiger partial charge in [0.1, 0.15) is 0 Å². The van der Waals surface area contributed by atoms with E-state index in [0.717, 1.165) is 27.2 Å². The van der Waals surface area contributed by atoms with E-state index in [1.165, 1.54) is 6.92 Å². The van der Waals surface area contributed by atoms with Crippen LogP contribution in [0.1, 0.15) is 11.9 Å². The maximum Gasteiger partial charge on any atom is 0.216 e. The van der Waals surface area contributed by atoms with Crippen molar-refractivity contribution in [2.75, 3.05) is 6.54 Å². The number of hydrogen-bond acceptors (Lipinski definition) is 3. The Morgan fingerprint density at radius 1 is 1.39 bits per heavy atom. The van der Waals surface area contributed by atoms with Gasteiger partial charge >= 0.3 is 0 Å². The predicted octanol–water partition coefficient (Wildman–Crippen LogP) is 3.25. The van der Waals surface area contributed by atoms with Crippen LogP contribution in [0.25, 0.3) is 11.3 Å². The average Bonchev–Trinajstić information content (AvgIpc) is 2.78. The van der Waals surface area contributed by atoms with Crippen LogP contribution in [0.15, 0.2) is 34.1 Å². The number of benzene rings is 1. The lowest BCUT2D eigenvalue weighted by molar-refractivity contribution is -0.118. The summed E-state index contributed by atoms with van der Waals surface area (Å²) in [6.45, 7) is 2.16. The third kappa shape index (κ3) is 3.65. The van der Waals surface area contributed by atoms with E-state index in [4.69, 9.17) is 0 Å². The molecule has 0 saturated heterocycles. The minimum absolute atomic E-state index is 0.000288. The molecule has 0 radical (unpaired) electrons. The Labute approximate surface area is 118 Å². The first-order valence-corrected chi connectivity index (χ1v) is 7.27. The molecule has 2 aromatic rings. The first-order chi connectivity index (χ1) is 8.65. The van der Waals surface area contributed by atoms with Crippen molar-refractivity contribution in [1.82, 2.24) is 10.3 Å². The number of hydrogen-bond donors (Lipinski definition) is 1. The van der Waals surface area contributed by atoms with Crippen LogP contribution in [0.2, 0.25) is 0 Å². The van der Waals surface area contributed by atoms with E-state index >= 15 is 0 Å². The molecule has 94 valence electrons. The van der Waals surface area contributed by atoms with E-state index in [2.05, 4.69) is 26.2 Å². The highest BCUT2D eigenvalue weighted by Gasteiger charge is 2.04. The van der Waals surface area contributed by atoms with Gasteiger partial charge < -0.3 is 5.32 Å². The summed E-state index contributed by atoms with van der Waals surface area (Å²) in [6, 6.07) is 8.09. The maximum atomic E-state index is 10.8. The van der Waals surface area contributed by atoms with Crippen molar-refractivity contribution < 1.29 is 4.79 Å². The van der Waals surface area contributed by atoms with Gasteiger partial charge in [-0.05, 0) is 12.1 Å². The summed E-state index contributed by atoms with van der Waals surface area (Å²) in [7, 11) is 0. The highest BCUT2D eigenvalue weighted by atomic mass is 79.9. The normalized spacial score (nSPS) is 10.3. The summed E-state index contributed by atoms with van der Waals surface area (Å²) in [4.78, 5) is 15.3. The molecular weight excluding hydrogens is 312 g/mol. The number of carbonyl (C=O) groups excluding carboxylic acids is 1. The van der Waals surface area contributed by atoms with Gasteiger partial charge in [-0.15, -0.1) is 11.3 Å². The third-order valence-electron chi connectivity index (χ3n) is 2.40. The van der Waals surface area contributed by atoms with Gasteiger partial charge in [0.25, 0.3) is 0 Å². The van der Waals surface area contributed by atoms with E-state index in [9.17, 15) is 4.79 Å². The van der Waals surface area contributed by atoms with Gasteiger partial charge in [0.05, 0.1) is 10.7 Å². The molecule has 1 heterocycles. The van der Waals surface area contributed by atoms with E-state index in [1.807, 2.05) is 29.6 Å². The molecule has 0 saturated carbocycles. The van der Waals surface area contributed by atoms with E-state index in [0.29, 0.717) is 6.54 Å². The molecule has 0 fully saturated rings. The highest BCUT2D eigenvalue weighted by molar-refractivity contribution is 9.10. The van der Waals surface area contributed by atoms with Crippen LogP contribution in [0, 0.1) is 0 Å². The van der Waals surface area contributed by atoms with Crippen LogP contribution in [0.5, 0.6) is 0 Å². The molecule has 0 atom stereocenters.